The minimum absolute atomic E-state index is 0.221. The Morgan fingerprint density at radius 1 is 1.19 bits per heavy atom. The van der Waals surface area contributed by atoms with E-state index in [0.29, 0.717) is 12.8 Å². The molecule has 6 heteroatoms. The van der Waals surface area contributed by atoms with Crippen LogP contribution in [-0.4, -0.2) is 31.5 Å². The van der Waals surface area contributed by atoms with Gasteiger partial charge in [0.25, 0.3) is 10.1 Å². The van der Waals surface area contributed by atoms with E-state index < -0.39 is 21.8 Å². The molecular weight excluding hydrogens is 362 g/mol. The van der Waals surface area contributed by atoms with Gasteiger partial charge in [0.15, 0.2) is 0 Å². The summed E-state index contributed by atoms with van der Waals surface area (Å²) in [5, 5.41) is 19.2. The molecule has 0 aromatic heterocycles. The van der Waals surface area contributed by atoms with Crippen molar-refractivity contribution in [3.05, 3.63) is 34.9 Å². The van der Waals surface area contributed by atoms with Gasteiger partial charge in [0.05, 0.1) is 17.9 Å². The van der Waals surface area contributed by atoms with E-state index in [4.69, 9.17) is 9.44 Å². The highest BCUT2D eigenvalue weighted by Gasteiger charge is 2.30. The molecule has 0 aromatic carbocycles. The van der Waals surface area contributed by atoms with Gasteiger partial charge in [-0.05, 0) is 65.4 Å². The van der Waals surface area contributed by atoms with E-state index in [9.17, 15) is 13.5 Å². The first-order valence-corrected chi connectivity index (χ1v) is 11.1. The molecule has 0 saturated heterocycles. The fourth-order valence-electron chi connectivity index (χ4n) is 2.41. The lowest BCUT2D eigenvalue weighted by atomic mass is 9.95. The van der Waals surface area contributed by atoms with Crippen LogP contribution in [0.2, 0.25) is 0 Å². The third-order valence-corrected chi connectivity index (χ3v) is 4.79. The Balaban J connectivity index is 4.69. The van der Waals surface area contributed by atoms with Crippen molar-refractivity contribution in [2.75, 3.05) is 6.26 Å². The summed E-state index contributed by atoms with van der Waals surface area (Å²) >= 11 is 0. The number of aliphatic hydroxyl groups is 1. The molecule has 0 aliphatic rings. The minimum atomic E-state index is -3.62. The summed E-state index contributed by atoms with van der Waals surface area (Å²) in [4.78, 5) is 0. The maximum atomic E-state index is 11.4. The van der Waals surface area contributed by atoms with Crippen molar-refractivity contribution >= 4 is 10.1 Å². The molecule has 0 amide bonds. The number of hydrogen-bond acceptors (Lipinski definition) is 5. The van der Waals surface area contributed by atoms with Crippen LogP contribution < -0.4 is 0 Å². The smallest absolute Gasteiger partial charge is 0.264 e. The van der Waals surface area contributed by atoms with Crippen molar-refractivity contribution in [1.29, 1.82) is 5.26 Å². The molecule has 5 nitrogen and oxygen atoms in total. The monoisotopic (exact) mass is 397 g/mol. The molecule has 0 bridgehead atoms. The normalized spacial score (nSPS) is 15.8. The Hall–Kier alpha value is -1.42. The van der Waals surface area contributed by atoms with Crippen molar-refractivity contribution in [1.82, 2.24) is 0 Å². The highest BCUT2D eigenvalue weighted by molar-refractivity contribution is 7.86. The molecule has 27 heavy (non-hydrogen) atoms. The largest absolute Gasteiger partial charge is 0.388 e. The summed E-state index contributed by atoms with van der Waals surface area (Å²) in [6, 6.07) is 2.22. The lowest BCUT2D eigenvalue weighted by molar-refractivity contribution is -0.0338. The average molecular weight is 398 g/mol. The molecule has 154 valence electrons. The maximum absolute atomic E-state index is 11.4. The van der Waals surface area contributed by atoms with Crippen LogP contribution in [0.3, 0.4) is 0 Å². The van der Waals surface area contributed by atoms with E-state index in [2.05, 4.69) is 12.1 Å². The standard InChI is InChI=1S/C21H35NO4S/c1-16(2)19(15-22)13-11-17(3)9-8-10-18(4)12-14-20(21(5,6)23)26-27(7,24)25/h10-11,13,16,20,23H,8-9,12,14H2,1-7H3/b17-11+,18-10+,19-13+. The molecule has 1 unspecified atom stereocenters. The second kappa shape index (κ2) is 11.4. The molecule has 0 radical (unpaired) electrons. The van der Waals surface area contributed by atoms with Gasteiger partial charge < -0.3 is 5.11 Å². The number of nitrogens with zero attached hydrogens (tertiary/aromatic N) is 1. The van der Waals surface area contributed by atoms with Crippen LogP contribution >= 0.6 is 0 Å². The van der Waals surface area contributed by atoms with E-state index in [0.717, 1.165) is 30.2 Å². The van der Waals surface area contributed by atoms with Gasteiger partial charge in [-0.2, -0.15) is 13.7 Å². The summed E-state index contributed by atoms with van der Waals surface area (Å²) in [5.74, 6) is 0.221. The third kappa shape index (κ3) is 12.6. The molecule has 1 atom stereocenters. The van der Waals surface area contributed by atoms with Crippen LogP contribution in [0.5, 0.6) is 0 Å². The number of rotatable bonds is 11. The second-order valence-electron chi connectivity index (χ2n) is 7.97. The third-order valence-electron chi connectivity index (χ3n) is 4.21. The molecule has 0 saturated carbocycles. The molecule has 1 N–H and O–H groups in total. The predicted octanol–water partition coefficient (Wildman–Crippen LogP) is 4.66. The van der Waals surface area contributed by atoms with Gasteiger partial charge in [-0.1, -0.05) is 37.1 Å². The second-order valence-corrected chi connectivity index (χ2v) is 9.57. The molecule has 0 aromatic rings. The van der Waals surface area contributed by atoms with Gasteiger partial charge >= 0.3 is 0 Å². The van der Waals surface area contributed by atoms with E-state index >= 15 is 0 Å². The van der Waals surface area contributed by atoms with Crippen molar-refractivity contribution < 1.29 is 17.7 Å². The van der Waals surface area contributed by atoms with Crippen LogP contribution in [0.1, 0.15) is 67.2 Å². The lowest BCUT2D eigenvalue weighted by Crippen LogP contribution is -2.39. The van der Waals surface area contributed by atoms with E-state index in [-0.39, 0.29) is 5.92 Å². The zero-order chi connectivity index (χ0) is 21.3. The van der Waals surface area contributed by atoms with Crippen LogP contribution in [0.15, 0.2) is 34.9 Å². The van der Waals surface area contributed by atoms with E-state index in [1.54, 1.807) is 13.8 Å². The summed E-state index contributed by atoms with van der Waals surface area (Å²) in [6.45, 7) is 11.1. The molecule has 0 heterocycles. The summed E-state index contributed by atoms with van der Waals surface area (Å²) < 4.78 is 27.8. The molecule has 0 spiro atoms. The Morgan fingerprint density at radius 3 is 2.22 bits per heavy atom. The molecule has 0 fully saturated rings. The van der Waals surface area contributed by atoms with Gasteiger partial charge in [0.1, 0.15) is 6.10 Å². The van der Waals surface area contributed by atoms with Crippen molar-refractivity contribution in [3.8, 4) is 6.07 Å². The number of hydrogen-bond donors (Lipinski definition) is 1. The molecule has 0 rings (SSSR count). The zero-order valence-corrected chi connectivity index (χ0v) is 18.6. The first kappa shape index (κ1) is 25.6. The van der Waals surface area contributed by atoms with Crippen molar-refractivity contribution in [3.63, 3.8) is 0 Å². The van der Waals surface area contributed by atoms with Crippen LogP contribution in [0.25, 0.3) is 0 Å². The predicted molar refractivity (Wildman–Crippen MR) is 111 cm³/mol. The summed E-state index contributed by atoms with van der Waals surface area (Å²) in [5.41, 5.74) is 1.86. The van der Waals surface area contributed by atoms with Gasteiger partial charge in [-0.15, -0.1) is 0 Å². The van der Waals surface area contributed by atoms with Gasteiger partial charge in [0, 0.05) is 5.57 Å². The fourth-order valence-corrected chi connectivity index (χ4v) is 3.17. The van der Waals surface area contributed by atoms with Crippen molar-refractivity contribution in [2.45, 2.75) is 78.9 Å². The van der Waals surface area contributed by atoms with Gasteiger partial charge in [-0.3, -0.25) is 4.18 Å². The zero-order valence-electron chi connectivity index (χ0n) is 17.7. The Bertz CT molecular complexity index is 701. The highest BCUT2D eigenvalue weighted by Crippen LogP contribution is 2.22. The quantitative estimate of drug-likeness (QED) is 0.237. The number of allylic oxidation sites excluding steroid dienone is 6. The van der Waals surface area contributed by atoms with Crippen LogP contribution in [0.4, 0.5) is 0 Å². The Morgan fingerprint density at radius 2 is 1.78 bits per heavy atom. The minimum Gasteiger partial charge on any atom is -0.388 e. The lowest BCUT2D eigenvalue weighted by Gasteiger charge is -2.28. The maximum Gasteiger partial charge on any atom is 0.264 e. The average Bonchev–Trinajstić information content (AvgIpc) is 2.49. The molecule has 0 aliphatic carbocycles. The SMILES string of the molecule is C/C(=C\C=C(/C#N)C(C)C)CC/C=C(\C)CCC(OS(C)(=O)=O)C(C)(C)O. The topological polar surface area (TPSA) is 87.4 Å². The highest BCUT2D eigenvalue weighted by atomic mass is 32.2. The van der Waals surface area contributed by atoms with Crippen LogP contribution in [-0.2, 0) is 14.3 Å². The Kier molecular flexibility index (Phi) is 10.8. The van der Waals surface area contributed by atoms with Crippen LogP contribution in [0, 0.1) is 17.2 Å². The van der Waals surface area contributed by atoms with Gasteiger partial charge in [-0.25, -0.2) is 0 Å². The fraction of sp³-hybridized carbons (Fsp3) is 0.667. The molecular formula is C21H35NO4S. The summed E-state index contributed by atoms with van der Waals surface area (Å²) in [7, 11) is -3.62. The van der Waals surface area contributed by atoms with Gasteiger partial charge in [0.2, 0.25) is 0 Å². The van der Waals surface area contributed by atoms with E-state index in [1.165, 1.54) is 5.57 Å². The molecule has 0 aliphatic heterocycles. The Labute approximate surface area is 165 Å². The number of nitriles is 1. The first-order valence-electron chi connectivity index (χ1n) is 9.30. The van der Waals surface area contributed by atoms with Crippen molar-refractivity contribution in [2.24, 2.45) is 5.92 Å². The van der Waals surface area contributed by atoms with E-state index in [1.807, 2.05) is 39.8 Å². The first-order chi connectivity index (χ1) is 12.3. The summed E-state index contributed by atoms with van der Waals surface area (Å²) in [6.07, 6.45) is 9.05.